The summed E-state index contributed by atoms with van der Waals surface area (Å²) >= 11 is 0. The fourth-order valence-electron chi connectivity index (χ4n) is 4.30. The van der Waals surface area contributed by atoms with Gasteiger partial charge < -0.3 is 15.4 Å². The van der Waals surface area contributed by atoms with E-state index in [9.17, 15) is 4.39 Å². The number of ether oxygens (including phenoxy) is 1. The Balaban J connectivity index is 1.25. The van der Waals surface area contributed by atoms with E-state index in [0.29, 0.717) is 23.1 Å². The number of nitrogens with zero attached hydrogens (tertiary/aromatic N) is 4. The van der Waals surface area contributed by atoms with Crippen LogP contribution in [0.2, 0.25) is 0 Å². The molecule has 190 valence electrons. The molecule has 6 rings (SSSR count). The molecule has 0 atom stereocenters. The molecule has 0 bridgehead atoms. The molecule has 0 radical (unpaired) electrons. The third kappa shape index (κ3) is 5.08. The molecule has 6 aromatic rings. The second kappa shape index (κ2) is 10.5. The minimum absolute atomic E-state index is 0.290. The molecule has 0 amide bonds. The van der Waals surface area contributed by atoms with Gasteiger partial charge in [0, 0.05) is 47.0 Å². The fourth-order valence-corrected chi connectivity index (χ4v) is 4.30. The summed E-state index contributed by atoms with van der Waals surface area (Å²) in [4.78, 5) is 8.73. The molecule has 3 aromatic heterocycles. The third-order valence-corrected chi connectivity index (χ3v) is 6.23. The predicted molar refractivity (Wildman–Crippen MR) is 152 cm³/mol. The largest absolute Gasteiger partial charge is 0.438 e. The molecule has 0 unspecified atom stereocenters. The molecule has 0 spiro atoms. The highest BCUT2D eigenvalue weighted by Crippen LogP contribution is 2.34. The van der Waals surface area contributed by atoms with Crippen LogP contribution in [0.25, 0.3) is 33.2 Å². The number of pyridine rings is 2. The molecule has 3 heterocycles. The quantitative estimate of drug-likeness (QED) is 0.229. The molecule has 2 N–H and O–H groups in total. The fraction of sp³-hybridized carbons (Fsp3) is 0.0323. The van der Waals surface area contributed by atoms with Crippen LogP contribution in [0.5, 0.6) is 11.6 Å². The van der Waals surface area contributed by atoms with Gasteiger partial charge in [-0.05, 0) is 78.4 Å². The van der Waals surface area contributed by atoms with E-state index in [2.05, 4.69) is 30.8 Å². The molecule has 0 aliphatic heterocycles. The van der Waals surface area contributed by atoms with Gasteiger partial charge in [-0.3, -0.25) is 0 Å². The molecule has 0 aliphatic rings. The highest BCUT2D eigenvalue weighted by atomic mass is 19.1. The lowest BCUT2D eigenvalue weighted by atomic mass is 10.0. The van der Waals surface area contributed by atoms with Gasteiger partial charge in [-0.2, -0.15) is 0 Å². The van der Waals surface area contributed by atoms with Crippen molar-refractivity contribution in [2.24, 2.45) is 0 Å². The standard InChI is InChI=1S/C31H23FN6O/c1-33-28-19-21(16-18-34-28)25-7-4-17-35-31(25)39-24-14-12-23(13-15-24)36-30-27-6-3-2-5-26(27)29(37-38-30)20-8-10-22(32)11-9-20/h2-19H,1H3,(H,33,34)(H,36,38). The molecule has 0 aliphatic carbocycles. The van der Waals surface area contributed by atoms with Crippen molar-refractivity contribution in [1.82, 2.24) is 20.2 Å². The number of halogens is 1. The first-order valence-corrected chi connectivity index (χ1v) is 12.3. The van der Waals surface area contributed by atoms with Gasteiger partial charge in [0.25, 0.3) is 0 Å². The van der Waals surface area contributed by atoms with Gasteiger partial charge in [-0.25, -0.2) is 14.4 Å². The van der Waals surface area contributed by atoms with Crippen molar-refractivity contribution in [3.63, 3.8) is 0 Å². The van der Waals surface area contributed by atoms with Crippen LogP contribution in [0.3, 0.4) is 0 Å². The average molecular weight is 515 g/mol. The maximum atomic E-state index is 13.4. The number of benzene rings is 3. The number of aromatic nitrogens is 4. The Morgan fingerprint density at radius 2 is 1.51 bits per heavy atom. The number of hydrogen-bond acceptors (Lipinski definition) is 7. The van der Waals surface area contributed by atoms with E-state index in [1.54, 1.807) is 24.5 Å². The Labute approximate surface area is 224 Å². The number of nitrogens with one attached hydrogen (secondary N) is 2. The Kier molecular flexibility index (Phi) is 6.49. The van der Waals surface area contributed by atoms with Gasteiger partial charge in [0.1, 0.15) is 23.1 Å². The highest BCUT2D eigenvalue weighted by molar-refractivity contribution is 6.00. The first-order chi connectivity index (χ1) is 19.2. The Morgan fingerprint density at radius 3 is 2.31 bits per heavy atom. The Hall–Kier alpha value is -5.37. The van der Waals surface area contributed by atoms with Crippen molar-refractivity contribution in [1.29, 1.82) is 0 Å². The lowest BCUT2D eigenvalue weighted by Gasteiger charge is -2.13. The topological polar surface area (TPSA) is 84.9 Å². The summed E-state index contributed by atoms with van der Waals surface area (Å²) < 4.78 is 19.6. The van der Waals surface area contributed by atoms with E-state index in [4.69, 9.17) is 4.74 Å². The van der Waals surface area contributed by atoms with Crippen molar-refractivity contribution in [2.75, 3.05) is 17.7 Å². The minimum Gasteiger partial charge on any atom is -0.438 e. The predicted octanol–water partition coefficient (Wildman–Crippen LogP) is 7.47. The highest BCUT2D eigenvalue weighted by Gasteiger charge is 2.13. The van der Waals surface area contributed by atoms with Gasteiger partial charge in [0.15, 0.2) is 5.82 Å². The average Bonchev–Trinajstić information content (AvgIpc) is 2.99. The van der Waals surface area contributed by atoms with Crippen LogP contribution in [0, 0.1) is 5.82 Å². The van der Waals surface area contributed by atoms with Crippen LogP contribution in [0.1, 0.15) is 0 Å². The molecule has 0 fully saturated rings. The van der Waals surface area contributed by atoms with E-state index >= 15 is 0 Å². The lowest BCUT2D eigenvalue weighted by molar-refractivity contribution is 0.465. The van der Waals surface area contributed by atoms with Crippen LogP contribution >= 0.6 is 0 Å². The van der Waals surface area contributed by atoms with Crippen molar-refractivity contribution in [2.45, 2.75) is 0 Å². The van der Waals surface area contributed by atoms with Crippen LogP contribution in [0.4, 0.5) is 21.7 Å². The van der Waals surface area contributed by atoms with E-state index < -0.39 is 0 Å². The number of fused-ring (bicyclic) bond motifs is 1. The SMILES string of the molecule is CNc1cc(-c2cccnc2Oc2ccc(Nc3nnc(-c4ccc(F)cc4)c4ccccc34)cc2)ccn1. The van der Waals surface area contributed by atoms with Crippen molar-refractivity contribution in [3.8, 4) is 34.0 Å². The van der Waals surface area contributed by atoms with Crippen LogP contribution in [-0.4, -0.2) is 27.2 Å². The number of anilines is 3. The number of hydrogen-bond donors (Lipinski definition) is 2. The smallest absolute Gasteiger partial charge is 0.227 e. The maximum absolute atomic E-state index is 13.4. The van der Waals surface area contributed by atoms with Gasteiger partial charge in [-0.1, -0.05) is 24.3 Å². The third-order valence-electron chi connectivity index (χ3n) is 6.23. The first-order valence-electron chi connectivity index (χ1n) is 12.3. The minimum atomic E-state index is -0.290. The molecule has 7 nitrogen and oxygen atoms in total. The summed E-state index contributed by atoms with van der Waals surface area (Å²) in [7, 11) is 1.83. The van der Waals surface area contributed by atoms with Crippen molar-refractivity contribution in [3.05, 3.63) is 115 Å². The Morgan fingerprint density at radius 1 is 0.718 bits per heavy atom. The first kappa shape index (κ1) is 24.0. The summed E-state index contributed by atoms with van der Waals surface area (Å²) in [6, 6.07) is 29.4. The molecule has 39 heavy (non-hydrogen) atoms. The van der Waals surface area contributed by atoms with Crippen LogP contribution < -0.4 is 15.4 Å². The van der Waals surface area contributed by atoms with Gasteiger partial charge in [-0.15, -0.1) is 10.2 Å². The van der Waals surface area contributed by atoms with Crippen molar-refractivity contribution >= 4 is 28.1 Å². The van der Waals surface area contributed by atoms with E-state index in [-0.39, 0.29) is 5.82 Å². The normalized spacial score (nSPS) is 10.8. The zero-order chi connectivity index (χ0) is 26.6. The van der Waals surface area contributed by atoms with E-state index in [1.165, 1.54) is 12.1 Å². The zero-order valence-corrected chi connectivity index (χ0v) is 21.0. The molecule has 8 heteroatoms. The van der Waals surface area contributed by atoms with E-state index in [1.807, 2.05) is 79.8 Å². The molecule has 0 saturated heterocycles. The molecular formula is C31H23FN6O. The molecule has 3 aromatic carbocycles. The lowest BCUT2D eigenvalue weighted by Crippen LogP contribution is -1.99. The summed E-state index contributed by atoms with van der Waals surface area (Å²) in [6.45, 7) is 0. The van der Waals surface area contributed by atoms with E-state index in [0.717, 1.165) is 39.0 Å². The zero-order valence-electron chi connectivity index (χ0n) is 21.0. The van der Waals surface area contributed by atoms with Crippen LogP contribution in [-0.2, 0) is 0 Å². The van der Waals surface area contributed by atoms with Crippen LogP contribution in [0.15, 0.2) is 109 Å². The second-order valence-corrected chi connectivity index (χ2v) is 8.74. The maximum Gasteiger partial charge on any atom is 0.227 e. The monoisotopic (exact) mass is 514 g/mol. The van der Waals surface area contributed by atoms with Gasteiger partial charge in [0.05, 0.1) is 0 Å². The summed E-state index contributed by atoms with van der Waals surface area (Å²) in [5, 5.41) is 17.1. The Bertz CT molecular complexity index is 1760. The second-order valence-electron chi connectivity index (χ2n) is 8.74. The van der Waals surface area contributed by atoms with Crippen molar-refractivity contribution < 1.29 is 9.13 Å². The summed E-state index contributed by atoms with van der Waals surface area (Å²) in [5.41, 5.74) is 4.13. The van der Waals surface area contributed by atoms with Gasteiger partial charge >= 0.3 is 0 Å². The number of rotatable bonds is 7. The molecule has 0 saturated carbocycles. The molecular weight excluding hydrogens is 491 g/mol. The summed E-state index contributed by atoms with van der Waals surface area (Å²) in [6.07, 6.45) is 3.45. The summed E-state index contributed by atoms with van der Waals surface area (Å²) in [5.74, 6) is 2.24. The van der Waals surface area contributed by atoms with Gasteiger partial charge in [0.2, 0.25) is 5.88 Å².